The molecule has 0 aliphatic carbocycles. The molecule has 4 heterocycles. The van der Waals surface area contributed by atoms with Crippen molar-refractivity contribution in [2.75, 3.05) is 4.90 Å². The molecular weight excluding hydrogens is 592 g/mol. The molecule has 0 radical (unpaired) electrons. The van der Waals surface area contributed by atoms with Gasteiger partial charge in [0.05, 0.1) is 16.7 Å². The SMILES string of the molecule is c1ccc(N(c2ccccc2)c2ccc3c(c2)c2ccccc2n3-c2ccnc(-c3nc4cc5oc6ccccc6c5cc4o3)c2)cc1. The molecule has 0 saturated heterocycles. The highest BCUT2D eigenvalue weighted by atomic mass is 16.4. The zero-order chi connectivity index (χ0) is 31.6. The van der Waals surface area contributed by atoms with Gasteiger partial charge < -0.3 is 18.3 Å². The van der Waals surface area contributed by atoms with E-state index in [1.807, 2.05) is 60.8 Å². The number of rotatable bonds is 5. The van der Waals surface area contributed by atoms with E-state index in [9.17, 15) is 0 Å². The van der Waals surface area contributed by atoms with E-state index in [1.54, 1.807) is 0 Å². The first-order chi connectivity index (χ1) is 23.8. The Morgan fingerprint density at radius 1 is 0.479 bits per heavy atom. The summed E-state index contributed by atoms with van der Waals surface area (Å²) in [7, 11) is 0. The fourth-order valence-corrected chi connectivity index (χ4v) is 6.91. The Hall–Kier alpha value is -6.66. The van der Waals surface area contributed by atoms with E-state index in [-0.39, 0.29) is 0 Å². The van der Waals surface area contributed by atoms with Crippen molar-refractivity contribution < 1.29 is 8.83 Å². The van der Waals surface area contributed by atoms with E-state index >= 15 is 0 Å². The zero-order valence-electron chi connectivity index (χ0n) is 25.6. The molecule has 0 atom stereocenters. The molecule has 226 valence electrons. The maximum atomic E-state index is 6.32. The lowest BCUT2D eigenvalue weighted by atomic mass is 10.1. The summed E-state index contributed by atoms with van der Waals surface area (Å²) in [5, 5.41) is 4.39. The number of anilines is 3. The van der Waals surface area contributed by atoms with Gasteiger partial charge in [-0.1, -0.05) is 72.8 Å². The van der Waals surface area contributed by atoms with Crippen molar-refractivity contribution in [2.45, 2.75) is 0 Å². The number of oxazole rings is 1. The largest absolute Gasteiger partial charge is 0.456 e. The third-order valence-electron chi connectivity index (χ3n) is 9.05. The summed E-state index contributed by atoms with van der Waals surface area (Å²) in [6, 6.07) is 52.3. The predicted molar refractivity (Wildman–Crippen MR) is 194 cm³/mol. The second-order valence-corrected chi connectivity index (χ2v) is 11.9. The number of hydrogen-bond donors (Lipinski definition) is 0. The summed E-state index contributed by atoms with van der Waals surface area (Å²) < 4.78 is 14.7. The number of para-hydroxylation sites is 4. The normalized spacial score (nSPS) is 11.8. The standard InChI is InChI=1S/C42H26N4O2/c1-3-11-27(12-4-1)45(28-13-5-2-6-14-28)29-19-20-38-33(23-29)31-15-7-9-17-37(31)46(38)30-21-22-43-36(24-30)42-44-35-26-40-34(25-41(35)48-42)32-16-8-10-18-39(32)47-40/h1-26H. The van der Waals surface area contributed by atoms with Crippen LogP contribution in [-0.2, 0) is 0 Å². The van der Waals surface area contributed by atoms with Crippen molar-refractivity contribution >= 4 is 71.9 Å². The van der Waals surface area contributed by atoms with Crippen molar-refractivity contribution in [2.24, 2.45) is 0 Å². The Morgan fingerprint density at radius 3 is 2.00 bits per heavy atom. The average Bonchev–Trinajstić information content (AvgIpc) is 3.83. The van der Waals surface area contributed by atoms with Crippen LogP contribution in [0.2, 0.25) is 0 Å². The zero-order valence-corrected chi connectivity index (χ0v) is 25.6. The van der Waals surface area contributed by atoms with E-state index in [1.165, 1.54) is 5.39 Å². The number of fused-ring (bicyclic) bond motifs is 7. The van der Waals surface area contributed by atoms with Crippen LogP contribution < -0.4 is 4.90 Å². The van der Waals surface area contributed by atoms with Crippen molar-refractivity contribution in [1.82, 2.24) is 14.5 Å². The van der Waals surface area contributed by atoms with Crippen LogP contribution in [0.4, 0.5) is 17.1 Å². The lowest BCUT2D eigenvalue weighted by molar-refractivity contribution is 0.617. The van der Waals surface area contributed by atoms with Crippen molar-refractivity contribution in [1.29, 1.82) is 0 Å². The van der Waals surface area contributed by atoms with E-state index in [4.69, 9.17) is 13.8 Å². The van der Waals surface area contributed by atoms with Gasteiger partial charge in [0.1, 0.15) is 22.4 Å². The minimum absolute atomic E-state index is 0.466. The lowest BCUT2D eigenvalue weighted by Crippen LogP contribution is -2.09. The van der Waals surface area contributed by atoms with Gasteiger partial charge in [0.2, 0.25) is 5.89 Å². The maximum Gasteiger partial charge on any atom is 0.246 e. The van der Waals surface area contributed by atoms with Gasteiger partial charge in [0, 0.05) is 50.9 Å². The molecule has 4 aromatic heterocycles. The minimum Gasteiger partial charge on any atom is -0.456 e. The van der Waals surface area contributed by atoms with Gasteiger partial charge in [0.25, 0.3) is 0 Å². The molecular formula is C42H26N4O2. The molecule has 0 saturated carbocycles. The second kappa shape index (κ2) is 10.4. The quantitative estimate of drug-likeness (QED) is 0.192. The lowest BCUT2D eigenvalue weighted by Gasteiger charge is -2.25. The molecule has 0 spiro atoms. The Bertz CT molecular complexity index is 2760. The summed E-state index contributed by atoms with van der Waals surface area (Å²) in [4.78, 5) is 11.8. The van der Waals surface area contributed by atoms with Crippen LogP contribution in [0.25, 0.3) is 72.1 Å². The summed E-state index contributed by atoms with van der Waals surface area (Å²) in [5.41, 5.74) is 10.2. The third-order valence-corrected chi connectivity index (χ3v) is 9.05. The highest BCUT2D eigenvalue weighted by Crippen LogP contribution is 2.40. The highest BCUT2D eigenvalue weighted by Gasteiger charge is 2.19. The molecule has 10 aromatic rings. The number of pyridine rings is 1. The molecule has 0 aliphatic rings. The number of nitrogens with zero attached hydrogens (tertiary/aromatic N) is 4. The molecule has 48 heavy (non-hydrogen) atoms. The van der Waals surface area contributed by atoms with Crippen LogP contribution in [0, 0.1) is 0 Å². The van der Waals surface area contributed by atoms with Gasteiger partial charge in [-0.05, 0) is 72.8 Å². The smallest absolute Gasteiger partial charge is 0.246 e. The van der Waals surface area contributed by atoms with Gasteiger partial charge >= 0.3 is 0 Å². The van der Waals surface area contributed by atoms with E-state index in [2.05, 4.69) is 112 Å². The van der Waals surface area contributed by atoms with Gasteiger partial charge in [-0.25, -0.2) is 4.98 Å². The van der Waals surface area contributed by atoms with Crippen LogP contribution in [0.3, 0.4) is 0 Å². The maximum absolute atomic E-state index is 6.32. The number of benzene rings is 6. The molecule has 0 aliphatic heterocycles. The van der Waals surface area contributed by atoms with E-state index in [0.717, 1.165) is 66.6 Å². The Balaban J connectivity index is 1.11. The number of aromatic nitrogens is 3. The van der Waals surface area contributed by atoms with Gasteiger partial charge in [-0.3, -0.25) is 4.98 Å². The Labute approximate surface area is 274 Å². The van der Waals surface area contributed by atoms with Crippen LogP contribution in [0.15, 0.2) is 167 Å². The third kappa shape index (κ3) is 4.13. The molecule has 6 nitrogen and oxygen atoms in total. The number of hydrogen-bond acceptors (Lipinski definition) is 5. The second-order valence-electron chi connectivity index (χ2n) is 11.9. The Morgan fingerprint density at radius 2 is 1.19 bits per heavy atom. The van der Waals surface area contributed by atoms with Crippen molar-refractivity contribution in [3.05, 3.63) is 158 Å². The first-order valence-electron chi connectivity index (χ1n) is 15.9. The summed E-state index contributed by atoms with van der Waals surface area (Å²) >= 11 is 0. The summed E-state index contributed by atoms with van der Waals surface area (Å²) in [5.74, 6) is 0.466. The van der Waals surface area contributed by atoms with E-state index in [0.29, 0.717) is 17.2 Å². The van der Waals surface area contributed by atoms with Gasteiger partial charge in [-0.15, -0.1) is 0 Å². The molecule has 0 fully saturated rings. The highest BCUT2D eigenvalue weighted by molar-refractivity contribution is 6.11. The van der Waals surface area contributed by atoms with Gasteiger partial charge in [0.15, 0.2) is 5.58 Å². The van der Waals surface area contributed by atoms with Crippen molar-refractivity contribution in [3.63, 3.8) is 0 Å². The van der Waals surface area contributed by atoms with Crippen LogP contribution in [0.1, 0.15) is 0 Å². The molecule has 0 bridgehead atoms. The summed E-state index contributed by atoms with van der Waals surface area (Å²) in [6.45, 7) is 0. The predicted octanol–water partition coefficient (Wildman–Crippen LogP) is 11.4. The first-order valence-corrected chi connectivity index (χ1v) is 15.9. The summed E-state index contributed by atoms with van der Waals surface area (Å²) in [6.07, 6.45) is 1.82. The van der Waals surface area contributed by atoms with Crippen LogP contribution in [0.5, 0.6) is 0 Å². The Kier molecular flexibility index (Phi) is 5.77. The minimum atomic E-state index is 0.466. The molecule has 6 aromatic carbocycles. The molecule has 6 heteroatoms. The molecule has 10 rings (SSSR count). The molecule has 0 unspecified atom stereocenters. The van der Waals surface area contributed by atoms with Crippen molar-refractivity contribution in [3.8, 4) is 17.3 Å². The van der Waals surface area contributed by atoms with Crippen LogP contribution in [-0.4, -0.2) is 14.5 Å². The number of furan rings is 1. The van der Waals surface area contributed by atoms with Crippen LogP contribution >= 0.6 is 0 Å². The molecule has 0 N–H and O–H groups in total. The first kappa shape index (κ1) is 26.5. The monoisotopic (exact) mass is 618 g/mol. The van der Waals surface area contributed by atoms with Gasteiger partial charge in [-0.2, -0.15) is 0 Å². The van der Waals surface area contributed by atoms with E-state index < -0.39 is 0 Å². The fourth-order valence-electron chi connectivity index (χ4n) is 6.91. The fraction of sp³-hybridized carbons (Fsp3) is 0. The topological polar surface area (TPSA) is 60.2 Å². The molecule has 0 amide bonds. The average molecular weight is 619 g/mol.